The second kappa shape index (κ2) is 7.10. The molecular formula is C15H15NO4S. The molecule has 0 fully saturated rings. The molecule has 21 heavy (non-hydrogen) atoms. The van der Waals surface area contributed by atoms with E-state index >= 15 is 0 Å². The molecule has 1 unspecified atom stereocenters. The zero-order valence-electron chi connectivity index (χ0n) is 11.4. The van der Waals surface area contributed by atoms with E-state index in [1.165, 1.54) is 24.0 Å². The monoisotopic (exact) mass is 305 g/mol. The fraction of sp³-hybridized carbons (Fsp3) is 0.200. The van der Waals surface area contributed by atoms with Gasteiger partial charge in [0.25, 0.3) is 0 Å². The van der Waals surface area contributed by atoms with Gasteiger partial charge in [0, 0.05) is 11.9 Å². The number of aromatic nitrogens is 1. The molecule has 1 aromatic heterocycles. The molecule has 2 aromatic rings. The molecule has 1 aromatic carbocycles. The minimum Gasteiger partial charge on any atom is -0.497 e. The predicted octanol–water partition coefficient (Wildman–Crippen LogP) is 2.61. The van der Waals surface area contributed by atoms with Crippen LogP contribution in [-0.4, -0.2) is 34.0 Å². The second-order valence-electron chi connectivity index (χ2n) is 4.26. The second-order valence-corrected chi connectivity index (χ2v) is 5.27. The van der Waals surface area contributed by atoms with Crippen LogP contribution in [0.15, 0.2) is 47.6 Å². The van der Waals surface area contributed by atoms with Gasteiger partial charge in [-0.05, 0) is 29.8 Å². The smallest absolute Gasteiger partial charge is 0.338 e. The highest BCUT2D eigenvalue weighted by Gasteiger charge is 2.14. The summed E-state index contributed by atoms with van der Waals surface area (Å²) in [6.07, 6.45) is 0.806. The van der Waals surface area contributed by atoms with Gasteiger partial charge in [-0.15, -0.1) is 11.8 Å². The molecule has 0 amide bonds. The van der Waals surface area contributed by atoms with Crippen LogP contribution in [-0.2, 0) is 0 Å². The maximum absolute atomic E-state index is 11.1. The Labute approximate surface area is 126 Å². The van der Waals surface area contributed by atoms with Gasteiger partial charge in [0.15, 0.2) is 0 Å². The molecule has 6 heteroatoms. The fourth-order valence-corrected chi connectivity index (χ4v) is 2.73. The summed E-state index contributed by atoms with van der Waals surface area (Å²) < 4.78 is 5.11. The minimum absolute atomic E-state index is 0.139. The maximum Gasteiger partial charge on any atom is 0.338 e. The number of aliphatic hydroxyl groups excluding tert-OH is 1. The van der Waals surface area contributed by atoms with Crippen molar-refractivity contribution in [1.29, 1.82) is 0 Å². The van der Waals surface area contributed by atoms with E-state index in [0.29, 0.717) is 16.5 Å². The highest BCUT2D eigenvalue weighted by atomic mass is 32.2. The zero-order valence-corrected chi connectivity index (χ0v) is 12.2. The standard InChI is InChI=1S/C15H15NO4S/c1-20-11-5-2-4-10(8-11)13(17)9-21-14-12(15(18)19)6-3-7-16-14/h2-8,13,17H,9H2,1H3,(H,18,19). The SMILES string of the molecule is COc1cccc(C(O)CSc2ncccc2C(=O)O)c1. The van der Waals surface area contributed by atoms with Crippen molar-refractivity contribution in [1.82, 2.24) is 4.98 Å². The average molecular weight is 305 g/mol. The number of ether oxygens (including phenoxy) is 1. The molecule has 0 aliphatic rings. The molecule has 5 nitrogen and oxygen atoms in total. The number of rotatable bonds is 6. The van der Waals surface area contributed by atoms with Gasteiger partial charge < -0.3 is 14.9 Å². The van der Waals surface area contributed by atoms with Crippen LogP contribution in [0.3, 0.4) is 0 Å². The van der Waals surface area contributed by atoms with E-state index < -0.39 is 12.1 Å². The highest BCUT2D eigenvalue weighted by molar-refractivity contribution is 7.99. The number of hydrogen-bond donors (Lipinski definition) is 2. The molecule has 0 aliphatic carbocycles. The largest absolute Gasteiger partial charge is 0.497 e. The number of carboxylic acids is 1. The average Bonchev–Trinajstić information content (AvgIpc) is 2.52. The Morgan fingerprint density at radius 2 is 2.19 bits per heavy atom. The molecule has 110 valence electrons. The van der Waals surface area contributed by atoms with Crippen LogP contribution in [0.5, 0.6) is 5.75 Å². The maximum atomic E-state index is 11.1. The molecule has 1 heterocycles. The van der Waals surface area contributed by atoms with Crippen molar-refractivity contribution in [3.8, 4) is 5.75 Å². The summed E-state index contributed by atoms with van der Waals surface area (Å²) in [6, 6.07) is 10.2. The number of thioether (sulfide) groups is 1. The van der Waals surface area contributed by atoms with Gasteiger partial charge in [0.1, 0.15) is 10.8 Å². The summed E-state index contributed by atoms with van der Waals surface area (Å²) in [5.74, 6) is -0.0492. The zero-order chi connectivity index (χ0) is 15.2. The lowest BCUT2D eigenvalue weighted by molar-refractivity contribution is 0.0692. The molecule has 0 saturated carbocycles. The van der Waals surface area contributed by atoms with Crippen LogP contribution in [0.25, 0.3) is 0 Å². The number of carboxylic acid groups (broad SMARTS) is 1. The van der Waals surface area contributed by atoms with Crippen LogP contribution in [0, 0.1) is 0 Å². The summed E-state index contributed by atoms with van der Waals surface area (Å²) in [5, 5.41) is 19.7. The van der Waals surface area contributed by atoms with Crippen LogP contribution in [0.1, 0.15) is 22.0 Å². The van der Waals surface area contributed by atoms with Crippen molar-refractivity contribution in [3.63, 3.8) is 0 Å². The van der Waals surface area contributed by atoms with Crippen molar-refractivity contribution in [2.45, 2.75) is 11.1 Å². The number of methoxy groups -OCH3 is 1. The number of benzene rings is 1. The predicted molar refractivity (Wildman–Crippen MR) is 79.9 cm³/mol. The van der Waals surface area contributed by atoms with Gasteiger partial charge in [0.05, 0.1) is 18.8 Å². The summed E-state index contributed by atoms with van der Waals surface area (Å²) in [4.78, 5) is 15.1. The third-order valence-electron chi connectivity index (χ3n) is 2.86. The van der Waals surface area contributed by atoms with E-state index in [9.17, 15) is 9.90 Å². The van der Waals surface area contributed by atoms with E-state index in [-0.39, 0.29) is 5.56 Å². The Bertz CT molecular complexity index is 633. The Hall–Kier alpha value is -2.05. The molecule has 2 N–H and O–H groups in total. The van der Waals surface area contributed by atoms with Gasteiger partial charge in [0.2, 0.25) is 0 Å². The number of nitrogens with zero attached hydrogens (tertiary/aromatic N) is 1. The lowest BCUT2D eigenvalue weighted by Gasteiger charge is -2.12. The van der Waals surface area contributed by atoms with Crippen molar-refractivity contribution in [2.75, 3.05) is 12.9 Å². The molecule has 0 saturated heterocycles. The molecule has 0 spiro atoms. The number of pyridine rings is 1. The molecule has 1 atom stereocenters. The van der Waals surface area contributed by atoms with Crippen molar-refractivity contribution < 1.29 is 19.7 Å². The van der Waals surface area contributed by atoms with Crippen molar-refractivity contribution in [3.05, 3.63) is 53.7 Å². The fourth-order valence-electron chi connectivity index (χ4n) is 1.77. The lowest BCUT2D eigenvalue weighted by Crippen LogP contribution is -2.04. The van der Waals surface area contributed by atoms with E-state index in [0.717, 1.165) is 5.56 Å². The van der Waals surface area contributed by atoms with Crippen molar-refractivity contribution >= 4 is 17.7 Å². The molecule has 0 radical (unpaired) electrons. The Kier molecular flexibility index (Phi) is 5.19. The number of hydrogen-bond acceptors (Lipinski definition) is 5. The molecule has 2 rings (SSSR count). The van der Waals surface area contributed by atoms with Crippen LogP contribution in [0.4, 0.5) is 0 Å². The van der Waals surface area contributed by atoms with Crippen molar-refractivity contribution in [2.24, 2.45) is 0 Å². The number of aliphatic hydroxyl groups is 1. The van der Waals surface area contributed by atoms with Crippen LogP contribution >= 0.6 is 11.8 Å². The normalized spacial score (nSPS) is 11.9. The van der Waals surface area contributed by atoms with E-state index in [1.54, 1.807) is 37.4 Å². The summed E-state index contributed by atoms with van der Waals surface area (Å²) in [5.41, 5.74) is 0.856. The van der Waals surface area contributed by atoms with E-state index in [1.807, 2.05) is 0 Å². The minimum atomic E-state index is -1.03. The summed E-state index contributed by atoms with van der Waals surface area (Å²) in [6.45, 7) is 0. The van der Waals surface area contributed by atoms with Crippen LogP contribution in [0.2, 0.25) is 0 Å². The number of aromatic carboxylic acids is 1. The third kappa shape index (κ3) is 3.96. The first-order chi connectivity index (χ1) is 10.1. The lowest BCUT2D eigenvalue weighted by atomic mass is 10.1. The number of carbonyl (C=O) groups is 1. The third-order valence-corrected chi connectivity index (χ3v) is 3.94. The molecule has 0 aliphatic heterocycles. The van der Waals surface area contributed by atoms with Gasteiger partial charge >= 0.3 is 5.97 Å². The first-order valence-corrected chi connectivity index (χ1v) is 7.23. The van der Waals surface area contributed by atoms with Gasteiger partial charge in [-0.1, -0.05) is 12.1 Å². The van der Waals surface area contributed by atoms with E-state index in [4.69, 9.17) is 9.84 Å². The summed E-state index contributed by atoms with van der Waals surface area (Å²) in [7, 11) is 1.56. The molecule has 0 bridgehead atoms. The van der Waals surface area contributed by atoms with Gasteiger partial charge in [-0.3, -0.25) is 0 Å². The quantitative estimate of drug-likeness (QED) is 0.799. The Morgan fingerprint density at radius 1 is 1.38 bits per heavy atom. The first-order valence-electron chi connectivity index (χ1n) is 6.25. The van der Waals surface area contributed by atoms with E-state index in [2.05, 4.69) is 4.98 Å². The topological polar surface area (TPSA) is 79.7 Å². The van der Waals surface area contributed by atoms with Gasteiger partial charge in [-0.2, -0.15) is 0 Å². The highest BCUT2D eigenvalue weighted by Crippen LogP contribution is 2.27. The Morgan fingerprint density at radius 3 is 2.90 bits per heavy atom. The first kappa shape index (κ1) is 15.3. The van der Waals surface area contributed by atoms with Gasteiger partial charge in [-0.25, -0.2) is 9.78 Å². The Balaban J connectivity index is 2.07. The molecular weight excluding hydrogens is 290 g/mol. The summed E-state index contributed by atoms with van der Waals surface area (Å²) >= 11 is 1.21. The van der Waals surface area contributed by atoms with Crippen LogP contribution < -0.4 is 4.74 Å².